The van der Waals surface area contributed by atoms with Crippen molar-refractivity contribution < 1.29 is 4.74 Å². The van der Waals surface area contributed by atoms with Gasteiger partial charge in [0, 0.05) is 18.8 Å². The van der Waals surface area contributed by atoms with Gasteiger partial charge in [0.05, 0.1) is 12.8 Å². The molecule has 0 atom stereocenters. The van der Waals surface area contributed by atoms with E-state index in [1.807, 2.05) is 31.2 Å². The summed E-state index contributed by atoms with van der Waals surface area (Å²) in [4.78, 5) is 6.80. The van der Waals surface area contributed by atoms with Crippen molar-refractivity contribution in [1.82, 2.24) is 15.2 Å². The van der Waals surface area contributed by atoms with E-state index in [4.69, 9.17) is 4.74 Å². The van der Waals surface area contributed by atoms with Gasteiger partial charge >= 0.3 is 0 Å². The van der Waals surface area contributed by atoms with Crippen molar-refractivity contribution in [3.8, 4) is 5.75 Å². The van der Waals surface area contributed by atoms with Gasteiger partial charge in [0.25, 0.3) is 0 Å². The van der Waals surface area contributed by atoms with Gasteiger partial charge in [-0.15, -0.1) is 5.10 Å². The van der Waals surface area contributed by atoms with Crippen LogP contribution >= 0.6 is 0 Å². The average molecular weight is 347 g/mol. The highest BCUT2D eigenvalue weighted by Crippen LogP contribution is 2.23. The molecule has 1 aliphatic rings. The molecule has 1 aliphatic heterocycles. The van der Waals surface area contributed by atoms with Crippen LogP contribution < -0.4 is 15.0 Å². The molecule has 0 saturated heterocycles. The maximum absolute atomic E-state index is 5.47. The van der Waals surface area contributed by atoms with Crippen molar-refractivity contribution in [2.45, 2.75) is 19.9 Å². The predicted octanol–water partition coefficient (Wildman–Crippen LogP) is 3.58. The number of rotatable bonds is 5. The van der Waals surface area contributed by atoms with Gasteiger partial charge in [0.15, 0.2) is 5.82 Å². The van der Waals surface area contributed by atoms with Crippen molar-refractivity contribution in [3.05, 3.63) is 65.9 Å². The van der Waals surface area contributed by atoms with Crippen molar-refractivity contribution in [1.29, 1.82) is 0 Å². The molecule has 0 aliphatic carbocycles. The summed E-state index contributed by atoms with van der Waals surface area (Å²) in [5.41, 5.74) is 3.66. The van der Waals surface area contributed by atoms with Crippen LogP contribution in [0, 0.1) is 0 Å². The van der Waals surface area contributed by atoms with E-state index in [2.05, 4.69) is 49.7 Å². The van der Waals surface area contributed by atoms with E-state index in [9.17, 15) is 0 Å². The lowest BCUT2D eigenvalue weighted by molar-refractivity contribution is 0.340. The second-order valence-corrected chi connectivity index (χ2v) is 6.16. The normalized spacial score (nSPS) is 13.2. The molecule has 0 saturated carbocycles. The number of aromatic nitrogens is 3. The lowest BCUT2D eigenvalue weighted by atomic mass is 10.0. The van der Waals surface area contributed by atoms with Gasteiger partial charge in [0.1, 0.15) is 5.75 Å². The lowest BCUT2D eigenvalue weighted by Crippen LogP contribution is -2.32. The fourth-order valence-electron chi connectivity index (χ4n) is 3.10. The molecule has 0 fully saturated rings. The summed E-state index contributed by atoms with van der Waals surface area (Å²) in [6.07, 6.45) is 2.63. The predicted molar refractivity (Wildman–Crippen MR) is 102 cm³/mol. The van der Waals surface area contributed by atoms with Crippen molar-refractivity contribution >= 4 is 17.5 Å². The Hall–Kier alpha value is -3.15. The van der Waals surface area contributed by atoms with E-state index in [0.717, 1.165) is 30.9 Å². The number of nitrogens with one attached hydrogen (secondary N) is 1. The summed E-state index contributed by atoms with van der Waals surface area (Å²) < 4.78 is 5.47. The van der Waals surface area contributed by atoms with Gasteiger partial charge in [-0.05, 0) is 48.7 Å². The SMILES string of the molecule is CCOc1ccc(Nc2cnnc(N3CCc4ccccc4C3)n2)cc1. The molecule has 1 N–H and O–H groups in total. The van der Waals surface area contributed by atoms with Crippen LogP contribution in [0.4, 0.5) is 17.5 Å². The molecule has 2 heterocycles. The second-order valence-electron chi connectivity index (χ2n) is 6.16. The minimum atomic E-state index is 0.649. The summed E-state index contributed by atoms with van der Waals surface area (Å²) in [5, 5.41) is 11.6. The van der Waals surface area contributed by atoms with E-state index >= 15 is 0 Å². The van der Waals surface area contributed by atoms with Crippen LogP contribution in [0.15, 0.2) is 54.7 Å². The molecular weight excluding hydrogens is 326 g/mol. The Balaban J connectivity index is 1.48. The minimum Gasteiger partial charge on any atom is -0.494 e. The Morgan fingerprint density at radius 3 is 2.69 bits per heavy atom. The van der Waals surface area contributed by atoms with Gasteiger partial charge in [0.2, 0.25) is 5.95 Å². The van der Waals surface area contributed by atoms with E-state index in [1.54, 1.807) is 6.20 Å². The standard InChI is InChI=1S/C20H21N5O/c1-2-26-18-9-7-17(8-10-18)22-19-13-21-24-20(23-19)25-12-11-15-5-3-4-6-16(15)14-25/h3-10,13H,2,11-12,14H2,1H3,(H,22,23,24). The topological polar surface area (TPSA) is 63.2 Å². The third-order valence-electron chi connectivity index (χ3n) is 4.40. The number of benzene rings is 2. The number of fused-ring (bicyclic) bond motifs is 1. The third-order valence-corrected chi connectivity index (χ3v) is 4.40. The van der Waals surface area contributed by atoms with Gasteiger partial charge in [-0.3, -0.25) is 0 Å². The fraction of sp³-hybridized carbons (Fsp3) is 0.250. The molecule has 2 aromatic carbocycles. The molecule has 0 spiro atoms. The maximum atomic E-state index is 5.47. The lowest BCUT2D eigenvalue weighted by Gasteiger charge is -2.28. The Morgan fingerprint density at radius 1 is 1.08 bits per heavy atom. The highest BCUT2D eigenvalue weighted by atomic mass is 16.5. The Morgan fingerprint density at radius 2 is 1.88 bits per heavy atom. The molecule has 0 unspecified atom stereocenters. The molecule has 132 valence electrons. The number of hydrogen-bond acceptors (Lipinski definition) is 6. The third kappa shape index (κ3) is 3.59. The van der Waals surface area contributed by atoms with Gasteiger partial charge in [-0.25, -0.2) is 0 Å². The van der Waals surface area contributed by atoms with E-state index in [-0.39, 0.29) is 0 Å². The molecular formula is C20H21N5O. The zero-order valence-electron chi connectivity index (χ0n) is 14.7. The van der Waals surface area contributed by atoms with Crippen LogP contribution in [0.5, 0.6) is 5.75 Å². The summed E-state index contributed by atoms with van der Waals surface area (Å²) in [6.45, 7) is 4.33. The first kappa shape index (κ1) is 16.3. The molecule has 0 amide bonds. The first-order valence-corrected chi connectivity index (χ1v) is 8.83. The molecule has 0 bridgehead atoms. The van der Waals surface area contributed by atoms with Crippen LogP contribution in [-0.2, 0) is 13.0 Å². The monoisotopic (exact) mass is 347 g/mol. The number of nitrogens with zero attached hydrogens (tertiary/aromatic N) is 4. The highest BCUT2D eigenvalue weighted by molar-refractivity contribution is 5.57. The molecule has 6 nitrogen and oxygen atoms in total. The zero-order valence-corrected chi connectivity index (χ0v) is 14.7. The molecule has 3 aromatic rings. The van der Waals surface area contributed by atoms with E-state index in [1.165, 1.54) is 11.1 Å². The van der Waals surface area contributed by atoms with Gasteiger partial charge in [-0.2, -0.15) is 10.1 Å². The molecule has 4 rings (SSSR count). The second kappa shape index (κ2) is 7.39. The van der Waals surface area contributed by atoms with Gasteiger partial charge in [-0.1, -0.05) is 24.3 Å². The Labute approximate surface area is 152 Å². The van der Waals surface area contributed by atoms with Crippen molar-refractivity contribution in [2.24, 2.45) is 0 Å². The maximum Gasteiger partial charge on any atom is 0.247 e. The van der Waals surface area contributed by atoms with Crippen LogP contribution in [-0.4, -0.2) is 28.3 Å². The summed E-state index contributed by atoms with van der Waals surface area (Å²) >= 11 is 0. The van der Waals surface area contributed by atoms with Crippen molar-refractivity contribution in [2.75, 3.05) is 23.4 Å². The van der Waals surface area contributed by atoms with Crippen LogP contribution in [0.25, 0.3) is 0 Å². The number of hydrogen-bond donors (Lipinski definition) is 1. The Bertz CT molecular complexity index is 881. The minimum absolute atomic E-state index is 0.649. The molecule has 1 aromatic heterocycles. The fourth-order valence-corrected chi connectivity index (χ4v) is 3.10. The van der Waals surface area contributed by atoms with E-state index < -0.39 is 0 Å². The molecule has 26 heavy (non-hydrogen) atoms. The van der Waals surface area contributed by atoms with Crippen LogP contribution in [0.3, 0.4) is 0 Å². The first-order valence-electron chi connectivity index (χ1n) is 8.83. The van der Waals surface area contributed by atoms with Crippen molar-refractivity contribution in [3.63, 3.8) is 0 Å². The molecule has 0 radical (unpaired) electrons. The van der Waals surface area contributed by atoms with Crippen LogP contribution in [0.2, 0.25) is 0 Å². The molecule has 6 heteroatoms. The first-order chi connectivity index (χ1) is 12.8. The van der Waals surface area contributed by atoms with Crippen LogP contribution in [0.1, 0.15) is 18.1 Å². The van der Waals surface area contributed by atoms with E-state index in [0.29, 0.717) is 18.4 Å². The smallest absolute Gasteiger partial charge is 0.247 e. The number of anilines is 3. The summed E-state index contributed by atoms with van der Waals surface area (Å²) in [5.74, 6) is 2.18. The average Bonchev–Trinajstić information content (AvgIpc) is 2.69. The summed E-state index contributed by atoms with van der Waals surface area (Å²) in [6, 6.07) is 16.3. The largest absolute Gasteiger partial charge is 0.494 e. The number of ether oxygens (including phenoxy) is 1. The quantitative estimate of drug-likeness (QED) is 0.761. The Kier molecular flexibility index (Phi) is 4.64. The summed E-state index contributed by atoms with van der Waals surface area (Å²) in [7, 11) is 0. The highest BCUT2D eigenvalue weighted by Gasteiger charge is 2.18. The van der Waals surface area contributed by atoms with Gasteiger partial charge < -0.3 is 15.0 Å². The zero-order chi connectivity index (χ0) is 17.8.